The monoisotopic (exact) mass is 468 g/mol. The lowest BCUT2D eigenvalue weighted by atomic mass is 9.63. The molecule has 0 bridgehead atoms. The van der Waals surface area contributed by atoms with Gasteiger partial charge in [-0.1, -0.05) is 78.9 Å². The Morgan fingerprint density at radius 1 is 0.639 bits per heavy atom. The van der Waals surface area contributed by atoms with Crippen LogP contribution in [-0.2, 0) is 18.4 Å². The lowest BCUT2D eigenvalue weighted by Gasteiger charge is -2.39. The zero-order chi connectivity index (χ0) is 24.3. The molecular formula is C33H26NO2+. The highest BCUT2D eigenvalue weighted by Gasteiger charge is 2.59. The summed E-state index contributed by atoms with van der Waals surface area (Å²) in [4.78, 5) is 28.8. The van der Waals surface area contributed by atoms with E-state index < -0.39 is 11.5 Å². The fourth-order valence-corrected chi connectivity index (χ4v) is 6.80. The highest BCUT2D eigenvalue weighted by molar-refractivity contribution is 6.12. The molecule has 2 aliphatic rings. The largest absolute Gasteiger partial charge is 0.294 e. The fraction of sp³-hybridized carbons (Fsp3) is 0.182. The molecule has 0 saturated heterocycles. The van der Waals surface area contributed by atoms with Crippen molar-refractivity contribution < 1.29 is 14.2 Å². The smallest absolute Gasteiger partial charge is 0.240 e. The summed E-state index contributed by atoms with van der Waals surface area (Å²) >= 11 is 0. The summed E-state index contributed by atoms with van der Waals surface area (Å²) in [7, 11) is 0. The van der Waals surface area contributed by atoms with Crippen molar-refractivity contribution in [2.45, 2.75) is 31.2 Å². The number of carbonyl (C=O) groups excluding carboxylic acids is 2. The van der Waals surface area contributed by atoms with Crippen LogP contribution in [0.25, 0.3) is 21.5 Å². The highest BCUT2D eigenvalue weighted by atomic mass is 16.1. The Morgan fingerprint density at radius 2 is 1.25 bits per heavy atom. The minimum Gasteiger partial charge on any atom is -0.294 e. The van der Waals surface area contributed by atoms with Gasteiger partial charge in [0.1, 0.15) is 0 Å². The first kappa shape index (κ1) is 21.2. The highest BCUT2D eigenvalue weighted by Crippen LogP contribution is 2.44. The molecular weight excluding hydrogens is 442 g/mol. The van der Waals surface area contributed by atoms with Crippen molar-refractivity contribution in [1.82, 2.24) is 0 Å². The Morgan fingerprint density at radius 3 is 1.94 bits per heavy atom. The van der Waals surface area contributed by atoms with E-state index in [1.807, 2.05) is 83.7 Å². The molecule has 3 heteroatoms. The first-order valence-corrected chi connectivity index (χ1v) is 12.8. The number of hydrogen-bond donors (Lipinski definition) is 0. The minimum absolute atomic E-state index is 0.0632. The van der Waals surface area contributed by atoms with E-state index >= 15 is 0 Å². The average Bonchev–Trinajstić information content (AvgIpc) is 2.94. The van der Waals surface area contributed by atoms with Crippen molar-refractivity contribution >= 4 is 33.1 Å². The zero-order valence-corrected chi connectivity index (χ0v) is 20.0. The molecule has 0 spiro atoms. The number of pyridine rings is 1. The number of hydrogen-bond acceptors (Lipinski definition) is 2. The second kappa shape index (κ2) is 7.96. The van der Waals surface area contributed by atoms with E-state index in [0.717, 1.165) is 56.6 Å². The summed E-state index contributed by atoms with van der Waals surface area (Å²) in [5.41, 5.74) is 2.83. The molecule has 0 N–H and O–H groups in total. The maximum atomic E-state index is 14.6. The lowest BCUT2D eigenvalue weighted by Crippen LogP contribution is -2.68. The molecule has 5 aromatic rings. The Kier molecular flexibility index (Phi) is 4.69. The number of ketones is 2. The van der Waals surface area contributed by atoms with Crippen LogP contribution in [0, 0.1) is 5.92 Å². The van der Waals surface area contributed by atoms with Crippen molar-refractivity contribution in [3.8, 4) is 0 Å². The zero-order valence-electron chi connectivity index (χ0n) is 20.0. The molecule has 4 aromatic carbocycles. The summed E-state index contributed by atoms with van der Waals surface area (Å²) in [5.74, 6) is -0.255. The van der Waals surface area contributed by atoms with Gasteiger partial charge in [-0.05, 0) is 51.9 Å². The number of Topliss-reactive ketones (excluding diaryl/α,β-unsaturated/α-hetero) is 2. The van der Waals surface area contributed by atoms with Crippen LogP contribution in [0.5, 0.6) is 0 Å². The van der Waals surface area contributed by atoms with E-state index in [2.05, 4.69) is 24.3 Å². The van der Waals surface area contributed by atoms with Crippen LogP contribution in [-0.4, -0.2) is 11.6 Å². The third-order valence-electron chi connectivity index (χ3n) is 8.49. The molecule has 0 fully saturated rings. The second-order valence-corrected chi connectivity index (χ2v) is 10.1. The SMILES string of the molecule is O=C1c2ccc3ccccc3c2CC[C@H]1[C@@]1([n+]2ccccc2)CCc2c(ccc3ccccc23)C1=O. The Labute approximate surface area is 210 Å². The normalized spacial score (nSPS) is 21.4. The molecule has 0 unspecified atom stereocenters. The molecule has 7 rings (SSSR count). The van der Waals surface area contributed by atoms with Crippen molar-refractivity contribution in [3.05, 3.63) is 126 Å². The summed E-state index contributed by atoms with van der Waals surface area (Å²) in [6.45, 7) is 0. The summed E-state index contributed by atoms with van der Waals surface area (Å²) in [6.07, 6.45) is 6.76. The molecule has 1 heterocycles. The molecule has 174 valence electrons. The Bertz CT molecular complexity index is 1690. The number of nitrogens with zero attached hydrogens (tertiary/aromatic N) is 1. The van der Waals surface area contributed by atoms with Crippen LogP contribution in [0.3, 0.4) is 0 Å². The molecule has 3 nitrogen and oxygen atoms in total. The van der Waals surface area contributed by atoms with Crippen LogP contribution in [0.15, 0.2) is 103 Å². The molecule has 36 heavy (non-hydrogen) atoms. The van der Waals surface area contributed by atoms with Crippen LogP contribution in [0.4, 0.5) is 0 Å². The number of rotatable bonds is 2. The summed E-state index contributed by atoms with van der Waals surface area (Å²) in [5, 5.41) is 4.60. The second-order valence-electron chi connectivity index (χ2n) is 10.1. The van der Waals surface area contributed by atoms with Gasteiger partial charge in [0, 0.05) is 29.7 Å². The molecule has 2 atom stereocenters. The van der Waals surface area contributed by atoms with Gasteiger partial charge in [-0.3, -0.25) is 9.59 Å². The number of carbonyl (C=O) groups is 2. The van der Waals surface area contributed by atoms with Crippen LogP contribution in [0.1, 0.15) is 44.7 Å². The van der Waals surface area contributed by atoms with Crippen LogP contribution < -0.4 is 4.57 Å². The number of fused-ring (bicyclic) bond motifs is 6. The van der Waals surface area contributed by atoms with Gasteiger partial charge in [0.25, 0.3) is 0 Å². The molecule has 0 radical (unpaired) electrons. The summed E-state index contributed by atoms with van der Waals surface area (Å²) in [6, 6.07) is 30.5. The minimum atomic E-state index is -0.933. The van der Waals surface area contributed by atoms with Gasteiger partial charge < -0.3 is 0 Å². The average molecular weight is 469 g/mol. The standard InChI is InChI=1S/C33H26NO2/c35-31-28-14-12-22-8-2-4-10-24(22)26(28)16-17-30(31)33(34-20-6-1-7-21-34)19-18-27-25-11-5-3-9-23(25)13-15-29(27)32(33)36/h1-15,20-21,30H,16-19H2/q+1/t30-,33+/m1/s1. The molecule has 1 aromatic heterocycles. The van der Waals surface area contributed by atoms with Gasteiger partial charge in [-0.15, -0.1) is 0 Å². The van der Waals surface area contributed by atoms with E-state index in [1.54, 1.807) is 0 Å². The third kappa shape index (κ3) is 2.89. The molecule has 0 amide bonds. The number of aromatic nitrogens is 1. The molecule has 0 aliphatic heterocycles. The van der Waals surface area contributed by atoms with Gasteiger partial charge in [0.2, 0.25) is 11.3 Å². The summed E-state index contributed by atoms with van der Waals surface area (Å²) < 4.78 is 2.03. The maximum Gasteiger partial charge on any atom is 0.240 e. The van der Waals surface area contributed by atoms with Gasteiger partial charge in [0.05, 0.1) is 5.92 Å². The van der Waals surface area contributed by atoms with Gasteiger partial charge >= 0.3 is 0 Å². The number of benzene rings is 4. The van der Waals surface area contributed by atoms with Gasteiger partial charge in [-0.25, -0.2) is 0 Å². The van der Waals surface area contributed by atoms with Crippen molar-refractivity contribution in [3.63, 3.8) is 0 Å². The van der Waals surface area contributed by atoms with E-state index in [9.17, 15) is 9.59 Å². The topological polar surface area (TPSA) is 38.0 Å². The quantitative estimate of drug-likeness (QED) is 0.287. The van der Waals surface area contributed by atoms with Crippen LogP contribution >= 0.6 is 0 Å². The molecule has 0 saturated carbocycles. The van der Waals surface area contributed by atoms with Crippen molar-refractivity contribution in [2.24, 2.45) is 5.92 Å². The van der Waals surface area contributed by atoms with E-state index in [-0.39, 0.29) is 11.6 Å². The lowest BCUT2D eigenvalue weighted by molar-refractivity contribution is -0.754. The first-order chi connectivity index (χ1) is 17.7. The van der Waals surface area contributed by atoms with E-state index in [0.29, 0.717) is 12.8 Å². The Hall–Kier alpha value is -4.11. The van der Waals surface area contributed by atoms with Crippen molar-refractivity contribution in [2.75, 3.05) is 0 Å². The van der Waals surface area contributed by atoms with Crippen LogP contribution in [0.2, 0.25) is 0 Å². The predicted molar refractivity (Wildman–Crippen MR) is 141 cm³/mol. The first-order valence-electron chi connectivity index (χ1n) is 12.8. The van der Waals surface area contributed by atoms with E-state index in [1.165, 1.54) is 0 Å². The van der Waals surface area contributed by atoms with E-state index in [4.69, 9.17) is 0 Å². The predicted octanol–water partition coefficient (Wildman–Crippen LogP) is 6.25. The maximum absolute atomic E-state index is 14.6. The Balaban J connectivity index is 1.41. The van der Waals surface area contributed by atoms with Gasteiger partial charge in [0.15, 0.2) is 18.2 Å². The molecule has 2 aliphatic carbocycles. The van der Waals surface area contributed by atoms with Gasteiger partial charge in [-0.2, -0.15) is 4.57 Å². The number of aryl methyl sites for hydroxylation is 2. The van der Waals surface area contributed by atoms with Crippen molar-refractivity contribution in [1.29, 1.82) is 0 Å². The fourth-order valence-electron chi connectivity index (χ4n) is 6.80. The third-order valence-corrected chi connectivity index (χ3v) is 8.49.